The minimum Gasteiger partial charge on any atom is -0.483 e. The molecule has 0 bridgehead atoms. The highest BCUT2D eigenvalue weighted by Crippen LogP contribution is 2.31. The Kier molecular flexibility index (Phi) is 7.78. The van der Waals surface area contributed by atoms with Gasteiger partial charge in [0.15, 0.2) is 6.61 Å². The van der Waals surface area contributed by atoms with Crippen LogP contribution in [-0.4, -0.2) is 38.0 Å². The predicted octanol–water partition coefficient (Wildman–Crippen LogP) is 4.36. The van der Waals surface area contributed by atoms with Crippen molar-refractivity contribution in [1.82, 2.24) is 9.97 Å². The minimum atomic E-state index is -3.89. The first-order valence-electron chi connectivity index (χ1n) is 10.2. The van der Waals surface area contributed by atoms with Crippen LogP contribution < -0.4 is 19.5 Å². The Bertz CT molecular complexity index is 1280. The first-order chi connectivity index (χ1) is 16.0. The number of carbonyl (C=O) groups is 1. The van der Waals surface area contributed by atoms with Crippen LogP contribution in [-0.2, 0) is 20.2 Å². The molecule has 9 nitrogen and oxygen atoms in total. The first-order valence-corrected chi connectivity index (χ1v) is 12.5. The van der Waals surface area contributed by atoms with Gasteiger partial charge in [-0.25, -0.2) is 18.4 Å². The highest BCUT2D eigenvalue weighted by atomic mass is 79.9. The Morgan fingerprint density at radius 3 is 2.38 bits per heavy atom. The normalized spacial score (nSPS) is 11.6. The number of hydrogen-bond donors (Lipinski definition) is 2. The van der Waals surface area contributed by atoms with E-state index in [2.05, 4.69) is 56.7 Å². The fraction of sp³-hybridized carbons (Fsp3) is 0.261. The molecule has 34 heavy (non-hydrogen) atoms. The van der Waals surface area contributed by atoms with Gasteiger partial charge in [-0.05, 0) is 63.3 Å². The van der Waals surface area contributed by atoms with Crippen molar-refractivity contribution in [3.63, 3.8) is 0 Å². The van der Waals surface area contributed by atoms with Crippen molar-refractivity contribution in [3.05, 3.63) is 64.9 Å². The van der Waals surface area contributed by atoms with Crippen LogP contribution in [0.25, 0.3) is 0 Å². The third-order valence-electron chi connectivity index (χ3n) is 4.70. The second kappa shape index (κ2) is 10.4. The molecule has 0 atom stereocenters. The third-order valence-corrected chi connectivity index (χ3v) is 6.69. The molecule has 0 aliphatic carbocycles. The van der Waals surface area contributed by atoms with Crippen molar-refractivity contribution in [2.75, 3.05) is 23.8 Å². The van der Waals surface area contributed by atoms with Gasteiger partial charge in [-0.1, -0.05) is 26.8 Å². The molecule has 0 spiro atoms. The zero-order valence-corrected chi connectivity index (χ0v) is 21.5. The summed E-state index contributed by atoms with van der Waals surface area (Å²) in [4.78, 5) is 20.0. The second-order valence-electron chi connectivity index (χ2n) is 8.31. The van der Waals surface area contributed by atoms with Crippen molar-refractivity contribution in [3.8, 4) is 11.6 Å². The van der Waals surface area contributed by atoms with Crippen LogP contribution in [0.1, 0.15) is 26.3 Å². The second-order valence-corrected chi connectivity index (χ2v) is 10.8. The fourth-order valence-electron chi connectivity index (χ4n) is 2.85. The van der Waals surface area contributed by atoms with E-state index >= 15 is 0 Å². The Hall–Kier alpha value is -3.18. The number of methoxy groups -OCH3 is 1. The van der Waals surface area contributed by atoms with Gasteiger partial charge in [0, 0.05) is 11.8 Å². The summed E-state index contributed by atoms with van der Waals surface area (Å²) in [6.45, 7) is 6.14. The average molecular weight is 549 g/mol. The Morgan fingerprint density at radius 2 is 1.76 bits per heavy atom. The lowest BCUT2D eigenvalue weighted by atomic mass is 9.87. The highest BCUT2D eigenvalue weighted by molar-refractivity contribution is 9.10. The molecule has 0 aliphatic heterocycles. The Balaban J connectivity index is 1.59. The van der Waals surface area contributed by atoms with Gasteiger partial charge in [-0.3, -0.25) is 9.52 Å². The standard InChI is InChI=1S/C23H25BrN4O5S/c1-23(2,3)15-5-10-19(18(24)11-15)33-13-21(29)27-16-6-8-17(9-7-16)34(30,31)28-20-12-22(32-4)26-14-25-20/h5-12,14H,13H2,1-4H3,(H,27,29)(H,25,26,28). The molecule has 3 aromatic rings. The molecule has 0 saturated carbocycles. The quantitative estimate of drug-likeness (QED) is 0.429. The molecule has 0 unspecified atom stereocenters. The number of halogens is 1. The molecular formula is C23H25BrN4O5S. The van der Waals surface area contributed by atoms with Crippen LogP contribution in [0.3, 0.4) is 0 Å². The van der Waals surface area contributed by atoms with Gasteiger partial charge >= 0.3 is 0 Å². The van der Waals surface area contributed by atoms with Gasteiger partial charge in [-0.2, -0.15) is 0 Å². The van der Waals surface area contributed by atoms with E-state index < -0.39 is 10.0 Å². The number of nitrogens with one attached hydrogen (secondary N) is 2. The maximum Gasteiger partial charge on any atom is 0.263 e. The van der Waals surface area contributed by atoms with E-state index in [4.69, 9.17) is 9.47 Å². The molecule has 0 aliphatic rings. The Labute approximate surface area is 207 Å². The van der Waals surface area contributed by atoms with E-state index in [9.17, 15) is 13.2 Å². The zero-order valence-electron chi connectivity index (χ0n) is 19.1. The summed E-state index contributed by atoms with van der Waals surface area (Å²) in [5.41, 5.74) is 1.56. The minimum absolute atomic E-state index is 0.00203. The molecule has 180 valence electrons. The topological polar surface area (TPSA) is 120 Å². The summed E-state index contributed by atoms with van der Waals surface area (Å²) < 4.78 is 38.9. The van der Waals surface area contributed by atoms with E-state index in [1.807, 2.05) is 18.2 Å². The highest BCUT2D eigenvalue weighted by Gasteiger charge is 2.17. The van der Waals surface area contributed by atoms with Crippen molar-refractivity contribution < 1.29 is 22.7 Å². The lowest BCUT2D eigenvalue weighted by molar-refractivity contribution is -0.118. The van der Waals surface area contributed by atoms with Crippen LogP contribution in [0.4, 0.5) is 11.5 Å². The number of rotatable bonds is 8. The maximum absolute atomic E-state index is 12.6. The van der Waals surface area contributed by atoms with E-state index in [1.165, 1.54) is 43.8 Å². The largest absolute Gasteiger partial charge is 0.483 e. The van der Waals surface area contributed by atoms with Crippen molar-refractivity contribution in [2.45, 2.75) is 31.1 Å². The molecule has 1 aromatic heterocycles. The molecule has 1 heterocycles. The number of benzene rings is 2. The number of hydrogen-bond acceptors (Lipinski definition) is 7. The van der Waals surface area contributed by atoms with Crippen molar-refractivity contribution >= 4 is 43.4 Å². The summed E-state index contributed by atoms with van der Waals surface area (Å²) >= 11 is 3.48. The first kappa shape index (κ1) is 25.4. The van der Waals surface area contributed by atoms with Crippen molar-refractivity contribution in [2.24, 2.45) is 0 Å². The number of amides is 1. The van der Waals surface area contributed by atoms with Crippen LogP contribution in [0.5, 0.6) is 11.6 Å². The molecule has 2 N–H and O–H groups in total. The molecule has 0 saturated heterocycles. The van der Waals surface area contributed by atoms with E-state index in [1.54, 1.807) is 0 Å². The lowest BCUT2D eigenvalue weighted by Crippen LogP contribution is -2.20. The fourth-order valence-corrected chi connectivity index (χ4v) is 4.34. The number of ether oxygens (including phenoxy) is 2. The molecular weight excluding hydrogens is 524 g/mol. The predicted molar refractivity (Wildman–Crippen MR) is 133 cm³/mol. The number of anilines is 2. The average Bonchev–Trinajstić information content (AvgIpc) is 2.78. The monoisotopic (exact) mass is 548 g/mol. The number of aromatic nitrogens is 2. The van der Waals surface area contributed by atoms with Crippen molar-refractivity contribution in [1.29, 1.82) is 0 Å². The number of nitrogens with zero attached hydrogens (tertiary/aromatic N) is 2. The summed E-state index contributed by atoms with van der Waals surface area (Å²) in [6.07, 6.45) is 1.19. The smallest absolute Gasteiger partial charge is 0.263 e. The lowest BCUT2D eigenvalue weighted by Gasteiger charge is -2.20. The zero-order chi connectivity index (χ0) is 24.9. The van der Waals surface area contributed by atoms with E-state index in [0.717, 1.165) is 10.0 Å². The van der Waals surface area contributed by atoms with Gasteiger partial charge in [0.25, 0.3) is 15.9 Å². The molecule has 0 radical (unpaired) electrons. The van der Waals surface area contributed by atoms with Crippen LogP contribution >= 0.6 is 15.9 Å². The molecule has 3 rings (SSSR count). The van der Waals surface area contributed by atoms with Crippen LogP contribution in [0.2, 0.25) is 0 Å². The van der Waals surface area contributed by atoms with Gasteiger partial charge in [-0.15, -0.1) is 0 Å². The van der Waals surface area contributed by atoms with Gasteiger partial charge in [0.05, 0.1) is 16.5 Å². The summed E-state index contributed by atoms with van der Waals surface area (Å²) in [7, 11) is -2.47. The number of sulfonamides is 1. The van der Waals surface area contributed by atoms with E-state index in [-0.39, 0.29) is 34.5 Å². The van der Waals surface area contributed by atoms with Crippen LogP contribution in [0.15, 0.2) is 64.2 Å². The molecule has 0 fully saturated rings. The maximum atomic E-state index is 12.6. The molecule has 2 aromatic carbocycles. The molecule has 11 heteroatoms. The summed E-state index contributed by atoms with van der Waals surface area (Å²) in [6, 6.07) is 12.8. The van der Waals surface area contributed by atoms with Crippen LogP contribution in [0, 0.1) is 0 Å². The summed E-state index contributed by atoms with van der Waals surface area (Å²) in [5, 5.41) is 2.68. The summed E-state index contributed by atoms with van der Waals surface area (Å²) in [5.74, 6) is 0.471. The van der Waals surface area contributed by atoms with Gasteiger partial charge in [0.2, 0.25) is 5.88 Å². The van der Waals surface area contributed by atoms with Gasteiger partial charge in [0.1, 0.15) is 17.9 Å². The Morgan fingerprint density at radius 1 is 1.06 bits per heavy atom. The van der Waals surface area contributed by atoms with E-state index in [0.29, 0.717) is 11.4 Å². The number of carbonyl (C=O) groups excluding carboxylic acids is 1. The van der Waals surface area contributed by atoms with Gasteiger partial charge < -0.3 is 14.8 Å². The SMILES string of the molecule is COc1cc(NS(=O)(=O)c2ccc(NC(=O)COc3ccc(C(C)(C)C)cc3Br)cc2)ncn1. The third kappa shape index (κ3) is 6.67. The molecule has 1 amide bonds.